The van der Waals surface area contributed by atoms with E-state index >= 15 is 0 Å². The van der Waals surface area contributed by atoms with Crippen LogP contribution in [0.25, 0.3) is 0 Å². The molecule has 0 unspecified atom stereocenters. The lowest BCUT2D eigenvalue weighted by Crippen LogP contribution is -2.44. The van der Waals surface area contributed by atoms with E-state index in [0.29, 0.717) is 12.0 Å². The lowest BCUT2D eigenvalue weighted by molar-refractivity contribution is -0.120. The Kier molecular flexibility index (Phi) is 5.72. The Morgan fingerprint density at radius 3 is 2.14 bits per heavy atom. The lowest BCUT2D eigenvalue weighted by atomic mass is 10.0. The highest BCUT2D eigenvalue weighted by Crippen LogP contribution is 2.07. The Bertz CT molecular complexity index is 611. The summed E-state index contributed by atoms with van der Waals surface area (Å²) < 4.78 is 0. The first-order chi connectivity index (χ1) is 10.7. The molecular weight excluding hydrogens is 276 g/mol. The van der Waals surface area contributed by atoms with Gasteiger partial charge >= 0.3 is 0 Å². The minimum Gasteiger partial charge on any atom is -0.368 e. The van der Waals surface area contributed by atoms with Crippen LogP contribution in [0.3, 0.4) is 0 Å². The summed E-state index contributed by atoms with van der Waals surface area (Å²) in [7, 11) is 0. The molecule has 0 spiro atoms. The molecule has 3 N–H and O–H groups in total. The fourth-order valence-electron chi connectivity index (χ4n) is 2.27. The third-order valence-corrected chi connectivity index (χ3v) is 3.49. The first kappa shape index (κ1) is 15.8. The van der Waals surface area contributed by atoms with Crippen molar-refractivity contribution in [2.75, 3.05) is 0 Å². The van der Waals surface area contributed by atoms with Crippen molar-refractivity contribution in [3.05, 3.63) is 71.8 Å². The van der Waals surface area contributed by atoms with Gasteiger partial charge in [-0.05, 0) is 37.0 Å². The Morgan fingerprint density at radius 1 is 0.955 bits per heavy atom. The maximum Gasteiger partial charge on any atom is 0.251 e. The minimum atomic E-state index is -0.642. The summed E-state index contributed by atoms with van der Waals surface area (Å²) in [5.74, 6) is -0.776. The predicted octanol–water partition coefficient (Wildman–Crippen LogP) is 2.29. The summed E-state index contributed by atoms with van der Waals surface area (Å²) in [5.41, 5.74) is 7.12. The molecule has 4 heteroatoms. The van der Waals surface area contributed by atoms with Gasteiger partial charge in [0.15, 0.2) is 0 Å². The average Bonchev–Trinajstić information content (AvgIpc) is 2.55. The number of nitrogens with two attached hydrogens (primary N) is 1. The van der Waals surface area contributed by atoms with E-state index in [1.54, 1.807) is 24.3 Å². The van der Waals surface area contributed by atoms with Gasteiger partial charge in [-0.15, -0.1) is 0 Å². The van der Waals surface area contributed by atoms with Gasteiger partial charge in [0, 0.05) is 5.56 Å². The number of carbonyl (C=O) groups excluding carboxylic acids is 2. The second-order valence-electron chi connectivity index (χ2n) is 5.17. The van der Waals surface area contributed by atoms with Crippen LogP contribution >= 0.6 is 0 Å². The quantitative estimate of drug-likeness (QED) is 0.823. The topological polar surface area (TPSA) is 72.2 Å². The van der Waals surface area contributed by atoms with Gasteiger partial charge in [0.2, 0.25) is 5.91 Å². The summed E-state index contributed by atoms with van der Waals surface area (Å²) in [5, 5.41) is 2.71. The predicted molar refractivity (Wildman–Crippen MR) is 86.3 cm³/mol. The van der Waals surface area contributed by atoms with Gasteiger partial charge in [-0.3, -0.25) is 9.59 Å². The maximum absolute atomic E-state index is 12.1. The van der Waals surface area contributed by atoms with Gasteiger partial charge < -0.3 is 11.1 Å². The average molecular weight is 296 g/mol. The molecule has 0 fully saturated rings. The smallest absolute Gasteiger partial charge is 0.251 e. The highest BCUT2D eigenvalue weighted by molar-refractivity contribution is 5.97. The van der Waals surface area contributed by atoms with Crippen molar-refractivity contribution in [3.63, 3.8) is 0 Å². The van der Waals surface area contributed by atoms with Crippen LogP contribution in [0.4, 0.5) is 0 Å². The van der Waals surface area contributed by atoms with E-state index < -0.39 is 11.9 Å². The number of nitrogens with one attached hydrogen (secondary N) is 1. The molecule has 0 heterocycles. The standard InChI is InChI=1S/C18H20N2O2/c19-17(21)16(13-7-10-14-8-3-1-4-9-14)20-18(22)15-11-5-2-6-12-15/h1-6,8-9,11-12,16H,7,10,13H2,(H2,19,21)(H,20,22)/t16-/m1/s1. The van der Waals surface area contributed by atoms with Crippen LogP contribution < -0.4 is 11.1 Å². The van der Waals surface area contributed by atoms with Gasteiger partial charge in [0.1, 0.15) is 6.04 Å². The Labute approximate surface area is 130 Å². The lowest BCUT2D eigenvalue weighted by Gasteiger charge is -2.15. The van der Waals surface area contributed by atoms with Crippen LogP contribution in [0.2, 0.25) is 0 Å². The molecule has 0 aliphatic carbocycles. The zero-order valence-corrected chi connectivity index (χ0v) is 12.4. The summed E-state index contributed by atoms with van der Waals surface area (Å²) in [6.07, 6.45) is 2.17. The fourth-order valence-corrected chi connectivity index (χ4v) is 2.27. The van der Waals surface area contributed by atoms with E-state index in [4.69, 9.17) is 5.73 Å². The molecule has 4 nitrogen and oxygen atoms in total. The molecule has 0 bridgehead atoms. The summed E-state index contributed by atoms with van der Waals surface area (Å²) in [6, 6.07) is 18.2. The molecule has 2 amide bonds. The Hall–Kier alpha value is -2.62. The van der Waals surface area contributed by atoms with Crippen molar-refractivity contribution < 1.29 is 9.59 Å². The van der Waals surface area contributed by atoms with Gasteiger partial charge in [-0.1, -0.05) is 48.5 Å². The minimum absolute atomic E-state index is 0.274. The van der Waals surface area contributed by atoms with Crippen LogP contribution in [0, 0.1) is 0 Å². The fraction of sp³-hybridized carbons (Fsp3) is 0.222. The number of primary amides is 1. The molecule has 0 saturated carbocycles. The molecule has 1 atom stereocenters. The van der Waals surface area contributed by atoms with Gasteiger partial charge in [0.05, 0.1) is 0 Å². The number of benzene rings is 2. The van der Waals surface area contributed by atoms with Gasteiger partial charge in [-0.25, -0.2) is 0 Å². The number of aryl methyl sites for hydroxylation is 1. The molecule has 0 aliphatic heterocycles. The molecule has 0 aromatic heterocycles. The van der Waals surface area contributed by atoms with Crippen LogP contribution in [0.5, 0.6) is 0 Å². The van der Waals surface area contributed by atoms with Crippen LogP contribution in [0.15, 0.2) is 60.7 Å². The van der Waals surface area contributed by atoms with Crippen molar-refractivity contribution in [1.29, 1.82) is 0 Å². The largest absolute Gasteiger partial charge is 0.368 e. The van der Waals surface area contributed by atoms with Crippen molar-refractivity contribution in [2.45, 2.75) is 25.3 Å². The Balaban J connectivity index is 1.87. The summed E-state index contributed by atoms with van der Waals surface area (Å²) >= 11 is 0. The van der Waals surface area contributed by atoms with Crippen molar-refractivity contribution in [1.82, 2.24) is 5.32 Å². The third-order valence-electron chi connectivity index (χ3n) is 3.49. The van der Waals surface area contributed by atoms with Gasteiger partial charge in [0.25, 0.3) is 5.91 Å². The van der Waals surface area contributed by atoms with Crippen molar-refractivity contribution in [2.24, 2.45) is 5.73 Å². The number of hydrogen-bond acceptors (Lipinski definition) is 2. The number of carbonyl (C=O) groups is 2. The van der Waals surface area contributed by atoms with Crippen LogP contribution in [-0.2, 0) is 11.2 Å². The number of rotatable bonds is 7. The third kappa shape index (κ3) is 4.74. The van der Waals surface area contributed by atoms with E-state index in [2.05, 4.69) is 5.32 Å². The number of amides is 2. The highest BCUT2D eigenvalue weighted by Gasteiger charge is 2.18. The zero-order chi connectivity index (χ0) is 15.8. The summed E-state index contributed by atoms with van der Waals surface area (Å²) in [4.78, 5) is 23.6. The molecule has 2 aromatic rings. The molecule has 0 aliphatic rings. The van der Waals surface area contributed by atoms with Crippen molar-refractivity contribution >= 4 is 11.8 Å². The van der Waals surface area contributed by atoms with Gasteiger partial charge in [-0.2, -0.15) is 0 Å². The molecule has 0 radical (unpaired) electrons. The van der Waals surface area contributed by atoms with E-state index in [9.17, 15) is 9.59 Å². The van der Waals surface area contributed by atoms with E-state index in [-0.39, 0.29) is 5.91 Å². The molecule has 2 rings (SSSR count). The molecule has 22 heavy (non-hydrogen) atoms. The molecule has 2 aromatic carbocycles. The Morgan fingerprint density at radius 2 is 1.55 bits per heavy atom. The second kappa shape index (κ2) is 7.98. The normalized spacial score (nSPS) is 11.6. The number of hydrogen-bond donors (Lipinski definition) is 2. The van der Waals surface area contributed by atoms with E-state index in [1.807, 2.05) is 36.4 Å². The molecule has 114 valence electrons. The first-order valence-corrected chi connectivity index (χ1v) is 7.36. The molecular formula is C18H20N2O2. The highest BCUT2D eigenvalue weighted by atomic mass is 16.2. The van der Waals surface area contributed by atoms with E-state index in [1.165, 1.54) is 5.56 Å². The van der Waals surface area contributed by atoms with Crippen molar-refractivity contribution in [3.8, 4) is 0 Å². The van der Waals surface area contributed by atoms with E-state index in [0.717, 1.165) is 12.8 Å². The molecule has 0 saturated heterocycles. The maximum atomic E-state index is 12.1. The van der Waals surface area contributed by atoms with Crippen LogP contribution in [-0.4, -0.2) is 17.9 Å². The monoisotopic (exact) mass is 296 g/mol. The summed E-state index contributed by atoms with van der Waals surface area (Å²) in [6.45, 7) is 0. The SMILES string of the molecule is NC(=O)[C@@H](CCCc1ccccc1)NC(=O)c1ccccc1. The first-order valence-electron chi connectivity index (χ1n) is 7.36. The zero-order valence-electron chi connectivity index (χ0n) is 12.4. The second-order valence-corrected chi connectivity index (χ2v) is 5.17. The van der Waals surface area contributed by atoms with Crippen LogP contribution in [0.1, 0.15) is 28.8 Å².